The first-order chi connectivity index (χ1) is 12.7. The van der Waals surface area contributed by atoms with Crippen molar-refractivity contribution in [2.75, 3.05) is 26.2 Å². The van der Waals surface area contributed by atoms with Crippen LogP contribution in [0, 0.1) is 13.8 Å². The monoisotopic (exact) mass is 412 g/mol. The maximum atomic E-state index is 13.1. The molecule has 0 aliphatic carbocycles. The van der Waals surface area contributed by atoms with E-state index in [0.717, 1.165) is 0 Å². The molecule has 3 rings (SSSR count). The lowest BCUT2D eigenvalue weighted by Gasteiger charge is -2.22. The molecule has 27 heavy (non-hydrogen) atoms. The number of aryl methyl sites for hydroxylation is 2. The Balaban J connectivity index is 1.85. The van der Waals surface area contributed by atoms with Gasteiger partial charge in [-0.05, 0) is 32.4 Å². The summed E-state index contributed by atoms with van der Waals surface area (Å²) in [4.78, 5) is 0.435. The molecule has 10 heteroatoms. The Kier molecular flexibility index (Phi) is 5.44. The minimum Gasteiger partial charge on any atom is -0.271 e. The van der Waals surface area contributed by atoms with Gasteiger partial charge < -0.3 is 0 Å². The highest BCUT2D eigenvalue weighted by atomic mass is 32.2. The summed E-state index contributed by atoms with van der Waals surface area (Å²) in [6.45, 7) is 4.18. The Morgan fingerprint density at radius 2 is 1.41 bits per heavy atom. The molecule has 1 saturated heterocycles. The highest BCUT2D eigenvalue weighted by Gasteiger charge is 2.34. The van der Waals surface area contributed by atoms with Gasteiger partial charge in [0, 0.05) is 33.2 Å². The number of rotatable bonds is 4. The summed E-state index contributed by atoms with van der Waals surface area (Å²) in [5, 5.41) is 4.19. The second kappa shape index (κ2) is 7.34. The fraction of sp³-hybridized carbons (Fsp3) is 0.471. The second-order valence-corrected chi connectivity index (χ2v) is 10.4. The Labute approximate surface area is 160 Å². The van der Waals surface area contributed by atoms with E-state index in [9.17, 15) is 16.8 Å². The molecule has 148 valence electrons. The van der Waals surface area contributed by atoms with Crippen molar-refractivity contribution >= 4 is 20.0 Å². The molecule has 0 N–H and O–H groups in total. The maximum Gasteiger partial charge on any atom is 0.246 e. The van der Waals surface area contributed by atoms with Crippen LogP contribution in [0.15, 0.2) is 40.1 Å². The topological polar surface area (TPSA) is 92.6 Å². The molecule has 2 heterocycles. The second-order valence-electron chi connectivity index (χ2n) is 6.60. The summed E-state index contributed by atoms with van der Waals surface area (Å²) in [6.07, 6.45) is 0.434. The lowest BCUT2D eigenvalue weighted by molar-refractivity contribution is 0.404. The van der Waals surface area contributed by atoms with Crippen LogP contribution in [0.5, 0.6) is 0 Å². The van der Waals surface area contributed by atoms with E-state index in [2.05, 4.69) is 5.10 Å². The number of sulfonamides is 2. The summed E-state index contributed by atoms with van der Waals surface area (Å²) in [6, 6.07) is 8.22. The van der Waals surface area contributed by atoms with Gasteiger partial charge in [-0.25, -0.2) is 16.8 Å². The Morgan fingerprint density at radius 3 is 1.93 bits per heavy atom. The van der Waals surface area contributed by atoms with Gasteiger partial charge in [-0.3, -0.25) is 4.68 Å². The van der Waals surface area contributed by atoms with E-state index in [4.69, 9.17) is 0 Å². The van der Waals surface area contributed by atoms with Gasteiger partial charge in [0.1, 0.15) is 4.90 Å². The first kappa shape index (κ1) is 20.0. The first-order valence-electron chi connectivity index (χ1n) is 8.71. The fourth-order valence-corrected chi connectivity index (χ4v) is 6.71. The molecule has 0 spiro atoms. The minimum atomic E-state index is -3.73. The van der Waals surface area contributed by atoms with Crippen LogP contribution in [0.3, 0.4) is 0 Å². The highest BCUT2D eigenvalue weighted by Crippen LogP contribution is 2.25. The lowest BCUT2D eigenvalue weighted by atomic mass is 10.4. The van der Waals surface area contributed by atoms with E-state index in [1.165, 1.54) is 8.61 Å². The third kappa shape index (κ3) is 3.66. The summed E-state index contributed by atoms with van der Waals surface area (Å²) in [5.41, 5.74) is 1.03. The Hall–Kier alpha value is -1.75. The van der Waals surface area contributed by atoms with Gasteiger partial charge in [0.15, 0.2) is 0 Å². The molecule has 1 aliphatic rings. The van der Waals surface area contributed by atoms with E-state index in [0.29, 0.717) is 17.8 Å². The maximum absolute atomic E-state index is 13.1. The summed E-state index contributed by atoms with van der Waals surface area (Å²) in [7, 11) is -5.66. The number of nitrogens with zero attached hydrogens (tertiary/aromatic N) is 4. The highest BCUT2D eigenvalue weighted by molar-refractivity contribution is 7.89. The van der Waals surface area contributed by atoms with Crippen LogP contribution >= 0.6 is 0 Å². The van der Waals surface area contributed by atoms with Crippen LogP contribution in [0.2, 0.25) is 0 Å². The normalized spacial score (nSPS) is 17.7. The van der Waals surface area contributed by atoms with Crippen LogP contribution in [0.1, 0.15) is 17.8 Å². The SMILES string of the molecule is Cc1nn(C)c(C)c1S(=O)(=O)N1CCCN(S(=O)(=O)c2ccccc2)CC1. The van der Waals surface area contributed by atoms with Crippen molar-refractivity contribution in [2.45, 2.75) is 30.1 Å². The molecule has 1 aromatic heterocycles. The molecular weight excluding hydrogens is 388 g/mol. The van der Waals surface area contributed by atoms with Crippen molar-refractivity contribution in [3.8, 4) is 0 Å². The van der Waals surface area contributed by atoms with Gasteiger partial charge in [0.05, 0.1) is 16.3 Å². The molecule has 8 nitrogen and oxygen atoms in total. The zero-order chi connectivity index (χ0) is 19.8. The lowest BCUT2D eigenvalue weighted by Crippen LogP contribution is -2.37. The van der Waals surface area contributed by atoms with Crippen LogP contribution in [0.25, 0.3) is 0 Å². The number of hydrogen-bond acceptors (Lipinski definition) is 5. The Bertz CT molecular complexity index is 1030. The molecule has 1 fully saturated rings. The zero-order valence-electron chi connectivity index (χ0n) is 15.7. The van der Waals surface area contributed by atoms with E-state index >= 15 is 0 Å². The molecule has 2 aromatic rings. The van der Waals surface area contributed by atoms with E-state index in [1.54, 1.807) is 55.9 Å². The van der Waals surface area contributed by atoms with Gasteiger partial charge in [-0.2, -0.15) is 13.7 Å². The number of aromatic nitrogens is 2. The van der Waals surface area contributed by atoms with Crippen molar-refractivity contribution in [3.63, 3.8) is 0 Å². The number of hydrogen-bond donors (Lipinski definition) is 0. The molecular formula is C17H24N4O4S2. The van der Waals surface area contributed by atoms with E-state index < -0.39 is 20.0 Å². The Morgan fingerprint density at radius 1 is 0.852 bits per heavy atom. The molecule has 1 aliphatic heterocycles. The fourth-order valence-electron chi connectivity index (χ4n) is 3.35. The molecule has 0 atom stereocenters. The van der Waals surface area contributed by atoms with Crippen LogP contribution in [-0.2, 0) is 27.1 Å². The van der Waals surface area contributed by atoms with Crippen molar-refractivity contribution in [2.24, 2.45) is 7.05 Å². The predicted molar refractivity (Wildman–Crippen MR) is 101 cm³/mol. The van der Waals surface area contributed by atoms with Gasteiger partial charge in [-0.1, -0.05) is 18.2 Å². The van der Waals surface area contributed by atoms with Crippen LogP contribution in [0.4, 0.5) is 0 Å². The van der Waals surface area contributed by atoms with Crippen molar-refractivity contribution in [1.82, 2.24) is 18.4 Å². The molecule has 0 radical (unpaired) electrons. The van der Waals surface area contributed by atoms with Crippen LogP contribution in [-0.4, -0.2) is 61.4 Å². The standard InChI is InChI=1S/C17H24N4O4S2/c1-14-17(15(2)19(3)18-14)27(24,25)21-11-7-10-20(12-13-21)26(22,23)16-8-5-4-6-9-16/h4-6,8-9H,7,10-13H2,1-3H3. The predicted octanol–water partition coefficient (Wildman–Crippen LogP) is 1.12. The zero-order valence-corrected chi connectivity index (χ0v) is 17.3. The molecule has 0 bridgehead atoms. The first-order valence-corrected chi connectivity index (χ1v) is 11.6. The average Bonchev–Trinajstić information content (AvgIpc) is 2.82. The van der Waals surface area contributed by atoms with Crippen molar-refractivity contribution in [3.05, 3.63) is 41.7 Å². The molecule has 0 amide bonds. The summed E-state index contributed by atoms with van der Waals surface area (Å²) < 4.78 is 56.2. The third-order valence-corrected chi connectivity index (χ3v) is 8.90. The quantitative estimate of drug-likeness (QED) is 0.750. The van der Waals surface area contributed by atoms with Crippen LogP contribution < -0.4 is 0 Å². The summed E-state index contributed by atoms with van der Waals surface area (Å²) >= 11 is 0. The molecule has 1 aromatic carbocycles. The van der Waals surface area contributed by atoms with Gasteiger partial charge >= 0.3 is 0 Å². The van der Waals surface area contributed by atoms with Crippen molar-refractivity contribution in [1.29, 1.82) is 0 Å². The van der Waals surface area contributed by atoms with Gasteiger partial charge in [-0.15, -0.1) is 0 Å². The third-order valence-electron chi connectivity index (χ3n) is 4.84. The average molecular weight is 413 g/mol. The largest absolute Gasteiger partial charge is 0.271 e. The molecule has 0 unspecified atom stereocenters. The van der Waals surface area contributed by atoms with E-state index in [1.807, 2.05) is 0 Å². The van der Waals surface area contributed by atoms with Gasteiger partial charge in [0.25, 0.3) is 0 Å². The van der Waals surface area contributed by atoms with Gasteiger partial charge in [0.2, 0.25) is 20.0 Å². The summed E-state index contributed by atoms with van der Waals surface area (Å²) in [5.74, 6) is 0. The smallest absolute Gasteiger partial charge is 0.246 e. The van der Waals surface area contributed by atoms with E-state index in [-0.39, 0.29) is 36.0 Å². The minimum absolute atomic E-state index is 0.113. The van der Waals surface area contributed by atoms with Crippen molar-refractivity contribution < 1.29 is 16.8 Å². The molecule has 0 saturated carbocycles. The number of benzene rings is 1.